The topological polar surface area (TPSA) is 43.1 Å². The van der Waals surface area contributed by atoms with Crippen LogP contribution in [0.2, 0.25) is 0 Å². The van der Waals surface area contributed by atoms with E-state index in [2.05, 4.69) is 36.8 Å². The Balaban J connectivity index is 2.02. The second kappa shape index (κ2) is 5.90. The highest BCUT2D eigenvalue weighted by molar-refractivity contribution is 9.12. The molecule has 96 valence electrons. The molecule has 0 amide bonds. The lowest BCUT2D eigenvalue weighted by molar-refractivity contribution is 0.102. The number of thioether (sulfide) groups is 1. The van der Waals surface area contributed by atoms with Gasteiger partial charge < -0.3 is 4.42 Å². The van der Waals surface area contributed by atoms with E-state index in [-0.39, 0.29) is 5.78 Å². The molecule has 0 aliphatic carbocycles. The van der Waals surface area contributed by atoms with Crippen LogP contribution in [0, 0.1) is 13.8 Å². The van der Waals surface area contributed by atoms with Gasteiger partial charge in [0, 0.05) is 5.56 Å². The molecule has 3 nitrogen and oxygen atoms in total. The lowest BCUT2D eigenvalue weighted by Gasteiger charge is -1.96. The standard InChI is InChI=1S/C11H9Br2NO2S2/c1-5-6(2)16-11(14-5)17-4-8(15)7-3-9(12)18-10(7)13/h3H,4H2,1-2H3. The van der Waals surface area contributed by atoms with Gasteiger partial charge in [0.2, 0.25) is 0 Å². The van der Waals surface area contributed by atoms with Gasteiger partial charge in [0.15, 0.2) is 5.78 Å². The van der Waals surface area contributed by atoms with E-state index in [9.17, 15) is 4.79 Å². The quantitative estimate of drug-likeness (QED) is 0.533. The third-order valence-electron chi connectivity index (χ3n) is 2.29. The molecule has 0 aliphatic rings. The number of aryl methyl sites for hydroxylation is 2. The molecule has 2 rings (SSSR count). The second-order valence-electron chi connectivity index (χ2n) is 3.57. The molecule has 0 fully saturated rings. The lowest BCUT2D eigenvalue weighted by atomic mass is 10.2. The molecule has 0 atom stereocenters. The minimum absolute atomic E-state index is 0.0577. The summed E-state index contributed by atoms with van der Waals surface area (Å²) in [6, 6.07) is 1.82. The van der Waals surface area contributed by atoms with Crippen LogP contribution < -0.4 is 0 Å². The molecule has 2 aromatic heterocycles. The highest BCUT2D eigenvalue weighted by Gasteiger charge is 2.15. The second-order valence-corrected chi connectivity index (χ2v) is 8.25. The van der Waals surface area contributed by atoms with E-state index in [0.717, 1.165) is 19.0 Å². The maximum Gasteiger partial charge on any atom is 0.256 e. The van der Waals surface area contributed by atoms with E-state index in [1.807, 2.05) is 19.9 Å². The molecule has 0 unspecified atom stereocenters. The molecule has 0 bridgehead atoms. The lowest BCUT2D eigenvalue weighted by Crippen LogP contribution is -2.01. The largest absolute Gasteiger partial charge is 0.437 e. The van der Waals surface area contributed by atoms with Crippen LogP contribution in [0.15, 0.2) is 23.3 Å². The summed E-state index contributed by atoms with van der Waals surface area (Å²) in [5.74, 6) is 1.17. The van der Waals surface area contributed by atoms with E-state index in [1.54, 1.807) is 0 Å². The van der Waals surface area contributed by atoms with Crippen molar-refractivity contribution in [2.45, 2.75) is 19.1 Å². The van der Waals surface area contributed by atoms with Crippen molar-refractivity contribution in [1.29, 1.82) is 0 Å². The normalized spacial score (nSPS) is 10.9. The van der Waals surface area contributed by atoms with Gasteiger partial charge in [0.1, 0.15) is 5.76 Å². The zero-order valence-corrected chi connectivity index (χ0v) is 14.4. The number of carbonyl (C=O) groups is 1. The van der Waals surface area contributed by atoms with Gasteiger partial charge in [-0.3, -0.25) is 4.79 Å². The van der Waals surface area contributed by atoms with Crippen molar-refractivity contribution in [3.8, 4) is 0 Å². The fourth-order valence-corrected chi connectivity index (χ4v) is 4.89. The average Bonchev–Trinajstić information content (AvgIpc) is 2.79. The Morgan fingerprint density at radius 3 is 2.72 bits per heavy atom. The number of hydrogen-bond donors (Lipinski definition) is 0. The molecule has 2 heterocycles. The zero-order valence-electron chi connectivity index (χ0n) is 9.62. The molecule has 0 saturated heterocycles. The Bertz CT molecular complexity index is 572. The average molecular weight is 411 g/mol. The molecule has 0 spiro atoms. The molecular formula is C11H9Br2NO2S2. The number of thiophene rings is 1. The number of hydrogen-bond acceptors (Lipinski definition) is 5. The number of aromatic nitrogens is 1. The maximum atomic E-state index is 12.0. The highest BCUT2D eigenvalue weighted by Crippen LogP contribution is 2.33. The van der Waals surface area contributed by atoms with E-state index < -0.39 is 0 Å². The molecule has 0 saturated carbocycles. The first kappa shape index (κ1) is 14.3. The van der Waals surface area contributed by atoms with Crippen LogP contribution in [0.25, 0.3) is 0 Å². The van der Waals surface area contributed by atoms with Gasteiger partial charge in [-0.15, -0.1) is 11.3 Å². The number of ketones is 1. The van der Waals surface area contributed by atoms with E-state index >= 15 is 0 Å². The summed E-state index contributed by atoms with van der Waals surface area (Å²) in [5.41, 5.74) is 1.56. The molecule has 18 heavy (non-hydrogen) atoms. The molecule has 0 N–H and O–H groups in total. The van der Waals surface area contributed by atoms with Gasteiger partial charge >= 0.3 is 0 Å². The summed E-state index contributed by atoms with van der Waals surface area (Å²) in [7, 11) is 0. The molecule has 0 aromatic carbocycles. The summed E-state index contributed by atoms with van der Waals surface area (Å²) in [6.07, 6.45) is 0. The van der Waals surface area contributed by atoms with Crippen LogP contribution in [0.4, 0.5) is 0 Å². The summed E-state index contributed by atoms with van der Waals surface area (Å²) >= 11 is 9.55. The van der Waals surface area contributed by atoms with Crippen molar-refractivity contribution in [3.05, 3.63) is 30.7 Å². The van der Waals surface area contributed by atoms with E-state index in [1.165, 1.54) is 23.1 Å². The Kier molecular flexibility index (Phi) is 4.69. The number of halogens is 2. The summed E-state index contributed by atoms with van der Waals surface area (Å²) in [5, 5.41) is 0.545. The van der Waals surface area contributed by atoms with Crippen LogP contribution in [0.5, 0.6) is 0 Å². The Labute approximate surface area is 130 Å². The molecule has 2 aromatic rings. The van der Waals surface area contributed by atoms with Crippen molar-refractivity contribution < 1.29 is 9.21 Å². The minimum Gasteiger partial charge on any atom is -0.437 e. The molecule has 0 aliphatic heterocycles. The number of nitrogens with zero attached hydrogens (tertiary/aromatic N) is 1. The Morgan fingerprint density at radius 2 is 2.22 bits per heavy atom. The first-order valence-corrected chi connectivity index (χ1v) is 8.41. The highest BCUT2D eigenvalue weighted by atomic mass is 79.9. The van der Waals surface area contributed by atoms with Gasteiger partial charge in [0.05, 0.1) is 19.0 Å². The predicted molar refractivity (Wildman–Crippen MR) is 80.8 cm³/mol. The van der Waals surface area contributed by atoms with Crippen LogP contribution in [-0.2, 0) is 0 Å². The van der Waals surface area contributed by atoms with Crippen LogP contribution in [0.3, 0.4) is 0 Å². The fourth-order valence-electron chi connectivity index (χ4n) is 1.24. The van der Waals surface area contributed by atoms with E-state index in [4.69, 9.17) is 4.42 Å². The molecular weight excluding hydrogens is 402 g/mol. The maximum absolute atomic E-state index is 12.0. The monoisotopic (exact) mass is 409 g/mol. The smallest absolute Gasteiger partial charge is 0.256 e. The summed E-state index contributed by atoms with van der Waals surface area (Å²) < 4.78 is 7.20. The van der Waals surface area contributed by atoms with Gasteiger partial charge in [-0.05, 0) is 51.8 Å². The van der Waals surface area contributed by atoms with Gasteiger partial charge in [-0.2, -0.15) is 0 Å². The predicted octanol–water partition coefficient (Wildman–Crippen LogP) is 4.85. The molecule has 7 heteroatoms. The first-order chi connectivity index (χ1) is 8.47. The third kappa shape index (κ3) is 3.26. The summed E-state index contributed by atoms with van der Waals surface area (Å²) in [6.45, 7) is 3.75. The van der Waals surface area contributed by atoms with Crippen molar-refractivity contribution >= 4 is 60.7 Å². The Morgan fingerprint density at radius 1 is 1.50 bits per heavy atom. The van der Waals surface area contributed by atoms with Crippen molar-refractivity contribution in [3.63, 3.8) is 0 Å². The number of rotatable bonds is 4. The Hall–Kier alpha value is -0.110. The van der Waals surface area contributed by atoms with Crippen molar-refractivity contribution in [1.82, 2.24) is 4.98 Å². The number of carbonyl (C=O) groups excluding carboxylic acids is 1. The zero-order chi connectivity index (χ0) is 13.3. The van der Waals surface area contributed by atoms with Gasteiger partial charge in [-0.25, -0.2) is 4.98 Å². The molecule has 0 radical (unpaired) electrons. The SMILES string of the molecule is Cc1nc(SCC(=O)c2cc(Br)sc2Br)oc1C. The minimum atomic E-state index is 0.0577. The summed E-state index contributed by atoms with van der Waals surface area (Å²) in [4.78, 5) is 16.2. The van der Waals surface area contributed by atoms with Crippen LogP contribution in [-0.4, -0.2) is 16.5 Å². The fraction of sp³-hybridized carbons (Fsp3) is 0.273. The van der Waals surface area contributed by atoms with Crippen molar-refractivity contribution in [2.24, 2.45) is 0 Å². The van der Waals surface area contributed by atoms with E-state index in [0.29, 0.717) is 16.5 Å². The van der Waals surface area contributed by atoms with Gasteiger partial charge in [0.25, 0.3) is 5.22 Å². The number of oxazole rings is 1. The van der Waals surface area contributed by atoms with Crippen LogP contribution >= 0.6 is 55.0 Å². The number of Topliss-reactive ketones (excluding diaryl/α,β-unsaturated/α-hetero) is 1. The van der Waals surface area contributed by atoms with Crippen molar-refractivity contribution in [2.75, 3.05) is 5.75 Å². The first-order valence-electron chi connectivity index (χ1n) is 5.02. The van der Waals surface area contributed by atoms with Crippen LogP contribution in [0.1, 0.15) is 21.8 Å². The van der Waals surface area contributed by atoms with Gasteiger partial charge in [-0.1, -0.05) is 11.8 Å². The third-order valence-corrected chi connectivity index (χ3v) is 5.46.